The summed E-state index contributed by atoms with van der Waals surface area (Å²) >= 11 is 3.32. The Morgan fingerprint density at radius 3 is 2.26 bits per heavy atom. The van der Waals surface area contributed by atoms with Crippen LogP contribution in [-0.2, 0) is 19.1 Å². The minimum Gasteiger partial charge on any atom is -0.466 e. The van der Waals surface area contributed by atoms with Gasteiger partial charge in [-0.1, -0.05) is 34.1 Å². The van der Waals surface area contributed by atoms with Crippen LogP contribution in [0.25, 0.3) is 5.57 Å². The smallest absolute Gasteiger partial charge is 0.338 e. The molecule has 0 atom stereocenters. The van der Waals surface area contributed by atoms with E-state index >= 15 is 0 Å². The predicted octanol–water partition coefficient (Wildman–Crippen LogP) is 2.73. The Bertz CT molecular complexity index is 515. The monoisotopic (exact) mass is 324 g/mol. The van der Waals surface area contributed by atoms with E-state index in [0.717, 1.165) is 4.47 Å². The molecule has 0 unspecified atom stereocenters. The van der Waals surface area contributed by atoms with Gasteiger partial charge >= 0.3 is 11.9 Å². The van der Waals surface area contributed by atoms with Crippen molar-refractivity contribution >= 4 is 33.4 Å². The van der Waals surface area contributed by atoms with Gasteiger partial charge in [0.2, 0.25) is 0 Å². The highest BCUT2D eigenvalue weighted by Crippen LogP contribution is 2.19. The minimum absolute atomic E-state index is 0.357. The molecule has 0 saturated carbocycles. The molecule has 0 amide bonds. The van der Waals surface area contributed by atoms with Crippen molar-refractivity contribution in [3.8, 4) is 0 Å². The molecule has 0 aliphatic heterocycles. The first-order chi connectivity index (χ1) is 9.08. The van der Waals surface area contributed by atoms with Crippen LogP contribution in [0.3, 0.4) is 0 Å². The minimum atomic E-state index is -0.490. The van der Waals surface area contributed by atoms with Crippen molar-refractivity contribution in [2.24, 2.45) is 0 Å². The zero-order chi connectivity index (χ0) is 14.3. The summed E-state index contributed by atoms with van der Waals surface area (Å²) < 4.78 is 10.1. The molecule has 100 valence electrons. The molecule has 1 aromatic rings. The summed E-state index contributed by atoms with van der Waals surface area (Å²) in [5.74, 6) is -0.965. The Balaban J connectivity index is 3.05. The molecular formula is C14H13BrO4. The van der Waals surface area contributed by atoms with Gasteiger partial charge in [-0.3, -0.25) is 0 Å². The number of ether oxygens (including phenoxy) is 2. The van der Waals surface area contributed by atoms with Gasteiger partial charge in [-0.25, -0.2) is 9.59 Å². The van der Waals surface area contributed by atoms with E-state index in [1.165, 1.54) is 32.4 Å². The highest BCUT2D eigenvalue weighted by molar-refractivity contribution is 9.10. The number of carbonyl (C=O) groups excluding carboxylic acids is 2. The standard InChI is InChI=1S/C14H13BrO4/c1-18-13(16)5-3-4-12(14(17)19-2)10-6-8-11(15)9-7-10/h3-9H,1-2H3/b5-3-,12-4-. The molecule has 1 rings (SSSR count). The fourth-order valence-electron chi connectivity index (χ4n) is 1.31. The van der Waals surface area contributed by atoms with Gasteiger partial charge in [-0.15, -0.1) is 0 Å². The van der Waals surface area contributed by atoms with Crippen LogP contribution in [-0.4, -0.2) is 26.2 Å². The fourth-order valence-corrected chi connectivity index (χ4v) is 1.58. The summed E-state index contributed by atoms with van der Waals surface area (Å²) in [7, 11) is 2.59. The maximum absolute atomic E-state index is 11.7. The normalized spacial score (nSPS) is 11.4. The SMILES string of the molecule is COC(=O)/C=C\C=C(/C(=O)OC)c1ccc(Br)cc1. The van der Waals surface area contributed by atoms with Crippen molar-refractivity contribution < 1.29 is 19.1 Å². The topological polar surface area (TPSA) is 52.6 Å². The van der Waals surface area contributed by atoms with Crippen molar-refractivity contribution in [3.63, 3.8) is 0 Å². The highest BCUT2D eigenvalue weighted by Gasteiger charge is 2.11. The lowest BCUT2D eigenvalue weighted by Gasteiger charge is -2.04. The van der Waals surface area contributed by atoms with Crippen molar-refractivity contribution in [2.45, 2.75) is 0 Å². The largest absolute Gasteiger partial charge is 0.466 e. The van der Waals surface area contributed by atoms with Crippen molar-refractivity contribution in [3.05, 3.63) is 52.5 Å². The molecule has 0 heterocycles. The van der Waals surface area contributed by atoms with Crippen LogP contribution in [0.5, 0.6) is 0 Å². The fraction of sp³-hybridized carbons (Fsp3) is 0.143. The zero-order valence-electron chi connectivity index (χ0n) is 10.6. The zero-order valence-corrected chi connectivity index (χ0v) is 12.1. The van der Waals surface area contributed by atoms with E-state index in [1.54, 1.807) is 12.1 Å². The first-order valence-corrected chi connectivity index (χ1v) is 6.18. The predicted molar refractivity (Wildman–Crippen MR) is 75.3 cm³/mol. The number of hydrogen-bond acceptors (Lipinski definition) is 4. The Labute approximate surface area is 119 Å². The molecule has 0 aliphatic rings. The van der Waals surface area contributed by atoms with Crippen LogP contribution >= 0.6 is 15.9 Å². The van der Waals surface area contributed by atoms with E-state index < -0.39 is 11.9 Å². The van der Waals surface area contributed by atoms with Gasteiger partial charge in [-0.05, 0) is 23.8 Å². The van der Waals surface area contributed by atoms with Crippen LogP contribution < -0.4 is 0 Å². The number of carbonyl (C=O) groups is 2. The maximum Gasteiger partial charge on any atom is 0.338 e. The Kier molecular flexibility index (Phi) is 6.02. The third-order valence-electron chi connectivity index (χ3n) is 2.26. The second kappa shape index (κ2) is 7.53. The Morgan fingerprint density at radius 2 is 1.74 bits per heavy atom. The summed E-state index contributed by atoms with van der Waals surface area (Å²) in [6.45, 7) is 0. The molecule has 0 saturated heterocycles. The third kappa shape index (κ3) is 4.71. The van der Waals surface area contributed by atoms with Crippen LogP contribution in [0.15, 0.2) is 47.0 Å². The lowest BCUT2D eigenvalue weighted by molar-refractivity contribution is -0.135. The molecule has 0 N–H and O–H groups in total. The summed E-state index contributed by atoms with van der Waals surface area (Å²) in [6.07, 6.45) is 4.17. The van der Waals surface area contributed by atoms with Gasteiger partial charge in [0.1, 0.15) is 0 Å². The molecule has 0 fully saturated rings. The molecule has 0 bridgehead atoms. The first kappa shape index (κ1) is 15.2. The summed E-state index contributed by atoms with van der Waals surface area (Å²) in [4.78, 5) is 22.6. The van der Waals surface area contributed by atoms with Gasteiger partial charge in [0.15, 0.2) is 0 Å². The van der Waals surface area contributed by atoms with Crippen LogP contribution in [0.1, 0.15) is 5.56 Å². The lowest BCUT2D eigenvalue weighted by atomic mass is 10.1. The van der Waals surface area contributed by atoms with Crippen molar-refractivity contribution in [2.75, 3.05) is 14.2 Å². The number of methoxy groups -OCH3 is 2. The molecular weight excluding hydrogens is 312 g/mol. The number of halogens is 1. The van der Waals surface area contributed by atoms with Gasteiger partial charge in [0.05, 0.1) is 19.8 Å². The van der Waals surface area contributed by atoms with E-state index in [2.05, 4.69) is 20.7 Å². The average Bonchev–Trinajstić information content (AvgIpc) is 2.43. The first-order valence-electron chi connectivity index (χ1n) is 5.39. The van der Waals surface area contributed by atoms with Gasteiger partial charge in [0.25, 0.3) is 0 Å². The Morgan fingerprint density at radius 1 is 1.11 bits per heavy atom. The summed E-state index contributed by atoms with van der Waals surface area (Å²) in [5, 5.41) is 0. The Hall–Kier alpha value is -1.88. The maximum atomic E-state index is 11.7. The third-order valence-corrected chi connectivity index (χ3v) is 2.79. The van der Waals surface area contributed by atoms with E-state index in [0.29, 0.717) is 11.1 Å². The average molecular weight is 325 g/mol. The molecule has 19 heavy (non-hydrogen) atoms. The van der Waals surface area contributed by atoms with Gasteiger partial charge in [0, 0.05) is 10.5 Å². The molecule has 0 aliphatic carbocycles. The van der Waals surface area contributed by atoms with E-state index in [1.807, 2.05) is 12.1 Å². The van der Waals surface area contributed by atoms with E-state index in [-0.39, 0.29) is 0 Å². The molecule has 0 radical (unpaired) electrons. The van der Waals surface area contributed by atoms with Gasteiger partial charge < -0.3 is 9.47 Å². The number of rotatable bonds is 4. The van der Waals surface area contributed by atoms with Crippen LogP contribution in [0.2, 0.25) is 0 Å². The second-order valence-corrected chi connectivity index (χ2v) is 4.38. The summed E-state index contributed by atoms with van der Waals surface area (Å²) in [6, 6.07) is 7.18. The lowest BCUT2D eigenvalue weighted by Crippen LogP contribution is -2.03. The van der Waals surface area contributed by atoms with Gasteiger partial charge in [-0.2, -0.15) is 0 Å². The summed E-state index contributed by atoms with van der Waals surface area (Å²) in [5.41, 5.74) is 1.06. The van der Waals surface area contributed by atoms with E-state index in [4.69, 9.17) is 4.74 Å². The van der Waals surface area contributed by atoms with E-state index in [9.17, 15) is 9.59 Å². The second-order valence-electron chi connectivity index (χ2n) is 3.46. The molecule has 5 heteroatoms. The quantitative estimate of drug-likeness (QED) is 0.485. The number of esters is 2. The van der Waals surface area contributed by atoms with Crippen LogP contribution in [0, 0.1) is 0 Å². The van der Waals surface area contributed by atoms with Crippen molar-refractivity contribution in [1.82, 2.24) is 0 Å². The molecule has 0 aromatic heterocycles. The number of benzene rings is 1. The molecule has 0 spiro atoms. The number of allylic oxidation sites excluding steroid dienone is 2. The number of hydrogen-bond donors (Lipinski definition) is 0. The molecule has 4 nitrogen and oxygen atoms in total. The van der Waals surface area contributed by atoms with Crippen LogP contribution in [0.4, 0.5) is 0 Å². The highest BCUT2D eigenvalue weighted by atomic mass is 79.9. The molecule has 1 aromatic carbocycles. The van der Waals surface area contributed by atoms with Crippen molar-refractivity contribution in [1.29, 1.82) is 0 Å².